The molecule has 0 fully saturated rings. The highest BCUT2D eigenvalue weighted by atomic mass is 35.5. The fourth-order valence-corrected chi connectivity index (χ4v) is 6.00. The third kappa shape index (κ3) is 3.45. The average molecular weight is 478 g/mol. The van der Waals surface area contributed by atoms with E-state index in [0.29, 0.717) is 33.5 Å². The summed E-state index contributed by atoms with van der Waals surface area (Å²) in [6.07, 6.45) is 3.75. The Labute approximate surface area is 199 Å². The molecule has 0 aliphatic carbocycles. The first kappa shape index (κ1) is 20.5. The van der Waals surface area contributed by atoms with Gasteiger partial charge in [-0.25, -0.2) is 9.67 Å². The first-order valence-corrected chi connectivity index (χ1v) is 12.2. The maximum Gasteiger partial charge on any atom is 0.265 e. The van der Waals surface area contributed by atoms with Gasteiger partial charge in [0.1, 0.15) is 5.39 Å². The molecule has 0 bridgehead atoms. The number of fused-ring (bicyclic) bond motifs is 3. The Bertz CT molecular complexity index is 1460. The van der Waals surface area contributed by atoms with Gasteiger partial charge in [0.05, 0.1) is 17.9 Å². The summed E-state index contributed by atoms with van der Waals surface area (Å²) >= 11 is 7.64. The van der Waals surface area contributed by atoms with Gasteiger partial charge in [0.15, 0.2) is 10.8 Å². The molecule has 0 saturated heterocycles. The van der Waals surface area contributed by atoms with Gasteiger partial charge in [0.2, 0.25) is 5.91 Å². The predicted molar refractivity (Wildman–Crippen MR) is 130 cm³/mol. The first-order chi connectivity index (χ1) is 16.1. The first-order valence-electron chi connectivity index (χ1n) is 10.9. The lowest BCUT2D eigenvalue weighted by Crippen LogP contribution is -2.37. The minimum Gasteiger partial charge on any atom is -0.312 e. The molecule has 7 nitrogen and oxygen atoms in total. The van der Waals surface area contributed by atoms with Crippen LogP contribution in [0.1, 0.15) is 24.4 Å². The van der Waals surface area contributed by atoms with Crippen LogP contribution in [0.3, 0.4) is 0 Å². The standard InChI is InChI=1S/C24H20ClN5O2S/c25-16-7-3-8-17(11-16)30-22-19(13-26-30)23(32)29-18(14-33-24(29)27-22)12-21(31)28-10-4-6-15-5-1-2-9-20(15)28/h1-3,5,7-9,11,13,18H,4,6,10,12,14H2. The number of hydrogen-bond donors (Lipinski definition) is 0. The van der Waals surface area contributed by atoms with Crippen LogP contribution >= 0.6 is 23.4 Å². The molecule has 0 spiro atoms. The van der Waals surface area contributed by atoms with Gasteiger partial charge in [-0.15, -0.1) is 0 Å². The number of thioether (sulfide) groups is 1. The lowest BCUT2D eigenvalue weighted by molar-refractivity contribution is -0.119. The maximum atomic E-state index is 13.4. The SMILES string of the molecule is O=C(CC1CSc2nc3c(cnn3-c3cccc(Cl)c3)c(=O)n21)N1CCCc2ccccc21. The van der Waals surface area contributed by atoms with E-state index in [2.05, 4.69) is 11.2 Å². The van der Waals surface area contributed by atoms with Gasteiger partial charge in [0, 0.05) is 29.4 Å². The third-order valence-electron chi connectivity index (χ3n) is 6.24. The fraction of sp³-hybridized carbons (Fsp3) is 0.250. The van der Waals surface area contributed by atoms with Crippen LogP contribution in [-0.2, 0) is 11.2 Å². The molecule has 4 heterocycles. The molecule has 6 rings (SSSR count). The monoisotopic (exact) mass is 477 g/mol. The Morgan fingerprint density at radius 3 is 2.94 bits per heavy atom. The fourth-order valence-electron chi connectivity index (χ4n) is 4.68. The van der Waals surface area contributed by atoms with Crippen molar-refractivity contribution in [3.8, 4) is 5.69 Å². The van der Waals surface area contributed by atoms with E-state index in [1.165, 1.54) is 17.3 Å². The Balaban J connectivity index is 1.34. The van der Waals surface area contributed by atoms with E-state index in [1.807, 2.05) is 35.2 Å². The number of carbonyl (C=O) groups excluding carboxylic acids is 1. The van der Waals surface area contributed by atoms with Crippen LogP contribution in [0.4, 0.5) is 5.69 Å². The zero-order valence-electron chi connectivity index (χ0n) is 17.6. The number of benzene rings is 2. The molecule has 4 aromatic rings. The minimum absolute atomic E-state index is 0.0437. The van der Waals surface area contributed by atoms with Gasteiger partial charge in [-0.05, 0) is 42.7 Å². The molecule has 2 aromatic heterocycles. The number of para-hydroxylation sites is 1. The molecule has 1 amide bonds. The van der Waals surface area contributed by atoms with Crippen molar-refractivity contribution < 1.29 is 4.79 Å². The van der Waals surface area contributed by atoms with E-state index in [0.717, 1.165) is 24.2 Å². The lowest BCUT2D eigenvalue weighted by atomic mass is 10.0. The number of halogens is 1. The normalized spacial score (nSPS) is 17.2. The van der Waals surface area contributed by atoms with Crippen molar-refractivity contribution in [2.24, 2.45) is 0 Å². The van der Waals surface area contributed by atoms with Crippen molar-refractivity contribution in [3.63, 3.8) is 0 Å². The second-order valence-corrected chi connectivity index (χ2v) is 9.71. The average Bonchev–Trinajstić information content (AvgIpc) is 3.43. The van der Waals surface area contributed by atoms with Crippen LogP contribution in [0.2, 0.25) is 5.02 Å². The van der Waals surface area contributed by atoms with Crippen molar-refractivity contribution in [3.05, 3.63) is 75.7 Å². The van der Waals surface area contributed by atoms with Crippen molar-refractivity contribution in [2.45, 2.75) is 30.5 Å². The molecule has 0 radical (unpaired) electrons. The molecule has 2 aliphatic heterocycles. The van der Waals surface area contributed by atoms with Gasteiger partial charge < -0.3 is 4.90 Å². The highest BCUT2D eigenvalue weighted by molar-refractivity contribution is 7.99. The van der Waals surface area contributed by atoms with Crippen molar-refractivity contribution in [2.75, 3.05) is 17.2 Å². The molecule has 2 aromatic carbocycles. The Hall–Kier alpha value is -3.10. The molecule has 9 heteroatoms. The summed E-state index contributed by atoms with van der Waals surface area (Å²) in [4.78, 5) is 33.3. The van der Waals surface area contributed by atoms with Crippen LogP contribution in [0.5, 0.6) is 0 Å². The largest absolute Gasteiger partial charge is 0.312 e. The van der Waals surface area contributed by atoms with Crippen LogP contribution in [0, 0.1) is 0 Å². The summed E-state index contributed by atoms with van der Waals surface area (Å²) in [5.74, 6) is 0.683. The summed E-state index contributed by atoms with van der Waals surface area (Å²) in [6, 6.07) is 15.1. The highest BCUT2D eigenvalue weighted by Gasteiger charge is 2.32. The number of aryl methyl sites for hydroxylation is 1. The summed E-state index contributed by atoms with van der Waals surface area (Å²) in [5.41, 5.74) is 3.27. The number of anilines is 1. The van der Waals surface area contributed by atoms with E-state index >= 15 is 0 Å². The van der Waals surface area contributed by atoms with Crippen molar-refractivity contribution in [1.29, 1.82) is 0 Å². The molecular formula is C24H20ClN5O2S. The number of amides is 1. The second kappa shape index (κ2) is 8.04. The van der Waals surface area contributed by atoms with E-state index in [1.54, 1.807) is 27.6 Å². The molecule has 1 atom stereocenters. The topological polar surface area (TPSA) is 73.0 Å². The smallest absolute Gasteiger partial charge is 0.265 e. The molecule has 166 valence electrons. The highest BCUT2D eigenvalue weighted by Crippen LogP contribution is 2.35. The predicted octanol–water partition coefficient (Wildman–Crippen LogP) is 4.25. The number of nitrogens with zero attached hydrogens (tertiary/aromatic N) is 5. The Kier molecular flexibility index (Phi) is 4.99. The van der Waals surface area contributed by atoms with E-state index < -0.39 is 0 Å². The molecule has 2 aliphatic rings. The molecular weight excluding hydrogens is 458 g/mol. The van der Waals surface area contributed by atoms with Crippen molar-refractivity contribution in [1.82, 2.24) is 19.3 Å². The Morgan fingerprint density at radius 1 is 1.18 bits per heavy atom. The number of carbonyl (C=O) groups is 1. The molecule has 33 heavy (non-hydrogen) atoms. The van der Waals surface area contributed by atoms with Gasteiger partial charge in [0.25, 0.3) is 5.56 Å². The quantitative estimate of drug-likeness (QED) is 0.412. The maximum absolute atomic E-state index is 13.4. The van der Waals surface area contributed by atoms with Gasteiger partial charge in [-0.1, -0.05) is 47.6 Å². The van der Waals surface area contributed by atoms with E-state index in [9.17, 15) is 9.59 Å². The van der Waals surface area contributed by atoms with Crippen LogP contribution < -0.4 is 10.5 Å². The third-order valence-corrected chi connectivity index (χ3v) is 7.58. The van der Waals surface area contributed by atoms with Crippen LogP contribution in [0.15, 0.2) is 64.7 Å². The molecule has 0 saturated carbocycles. The zero-order chi connectivity index (χ0) is 22.5. The number of rotatable bonds is 3. The van der Waals surface area contributed by atoms with E-state index in [4.69, 9.17) is 16.6 Å². The van der Waals surface area contributed by atoms with Crippen LogP contribution in [0.25, 0.3) is 16.7 Å². The van der Waals surface area contributed by atoms with Crippen molar-refractivity contribution >= 4 is 46.0 Å². The summed E-state index contributed by atoms with van der Waals surface area (Å²) in [5, 5.41) is 6.03. The van der Waals surface area contributed by atoms with Gasteiger partial charge in [-0.3, -0.25) is 14.2 Å². The molecule has 0 N–H and O–H groups in total. The zero-order valence-corrected chi connectivity index (χ0v) is 19.2. The minimum atomic E-state index is -0.231. The van der Waals surface area contributed by atoms with Crippen LogP contribution in [-0.4, -0.2) is 37.5 Å². The summed E-state index contributed by atoms with van der Waals surface area (Å²) in [6.45, 7) is 0.709. The van der Waals surface area contributed by atoms with Gasteiger partial charge in [-0.2, -0.15) is 5.10 Å². The Morgan fingerprint density at radius 2 is 2.06 bits per heavy atom. The second-order valence-electron chi connectivity index (χ2n) is 8.29. The molecule has 1 unspecified atom stereocenters. The summed E-state index contributed by atoms with van der Waals surface area (Å²) < 4.78 is 3.30. The summed E-state index contributed by atoms with van der Waals surface area (Å²) in [7, 11) is 0. The number of hydrogen-bond acceptors (Lipinski definition) is 5. The lowest BCUT2D eigenvalue weighted by Gasteiger charge is -2.30. The van der Waals surface area contributed by atoms with E-state index in [-0.39, 0.29) is 23.9 Å². The number of aromatic nitrogens is 4. The van der Waals surface area contributed by atoms with Gasteiger partial charge >= 0.3 is 0 Å².